The van der Waals surface area contributed by atoms with E-state index in [4.69, 9.17) is 11.6 Å². The van der Waals surface area contributed by atoms with E-state index in [1.807, 2.05) is 28.3 Å². The number of halogens is 2. The van der Waals surface area contributed by atoms with Crippen LogP contribution in [-0.2, 0) is 5.88 Å². The normalized spacial score (nSPS) is 11.5. The van der Waals surface area contributed by atoms with Crippen LogP contribution in [-0.4, -0.2) is 14.5 Å². The number of imidazole rings is 1. The molecule has 0 atom stereocenters. The monoisotopic (exact) mass is 317 g/mol. The van der Waals surface area contributed by atoms with Gasteiger partial charge in [-0.1, -0.05) is 0 Å². The molecule has 2 aromatic carbocycles. The number of fused-ring (bicyclic) bond motifs is 2. The molecule has 0 aliphatic rings. The highest BCUT2D eigenvalue weighted by molar-refractivity contribution is 7.16. The minimum absolute atomic E-state index is 0.261. The summed E-state index contributed by atoms with van der Waals surface area (Å²) in [6.45, 7) is 0. The molecule has 104 valence electrons. The standard InChI is InChI=1S/C15H9ClFN3S/c16-7-15-19-11-3-1-9(17)5-13(11)20(15)10-2-4-12-14(6-10)21-8-18-12/h1-6,8H,7H2. The number of rotatable bonds is 2. The zero-order chi connectivity index (χ0) is 14.4. The van der Waals surface area contributed by atoms with E-state index in [0.29, 0.717) is 5.82 Å². The van der Waals surface area contributed by atoms with Crippen molar-refractivity contribution < 1.29 is 4.39 Å². The zero-order valence-electron chi connectivity index (χ0n) is 10.8. The first kappa shape index (κ1) is 12.7. The van der Waals surface area contributed by atoms with Crippen LogP contribution in [0.5, 0.6) is 0 Å². The first-order chi connectivity index (χ1) is 10.3. The minimum Gasteiger partial charge on any atom is -0.295 e. The van der Waals surface area contributed by atoms with Crippen LogP contribution in [0.15, 0.2) is 41.9 Å². The van der Waals surface area contributed by atoms with Gasteiger partial charge in [-0.25, -0.2) is 14.4 Å². The predicted molar refractivity (Wildman–Crippen MR) is 83.8 cm³/mol. The summed E-state index contributed by atoms with van der Waals surface area (Å²) in [5, 5.41) is 0. The van der Waals surface area contributed by atoms with Gasteiger partial charge in [-0.15, -0.1) is 22.9 Å². The van der Waals surface area contributed by atoms with Crippen molar-refractivity contribution in [2.75, 3.05) is 0 Å². The Morgan fingerprint density at radius 3 is 2.86 bits per heavy atom. The summed E-state index contributed by atoms with van der Waals surface area (Å²) in [5.74, 6) is 0.668. The minimum atomic E-state index is -0.288. The van der Waals surface area contributed by atoms with E-state index in [-0.39, 0.29) is 11.7 Å². The fourth-order valence-corrected chi connectivity index (χ4v) is 3.35. The lowest BCUT2D eigenvalue weighted by molar-refractivity contribution is 0.629. The third kappa shape index (κ3) is 2.01. The van der Waals surface area contributed by atoms with Crippen molar-refractivity contribution in [3.8, 4) is 5.69 Å². The number of aromatic nitrogens is 3. The quantitative estimate of drug-likeness (QED) is 0.509. The molecular formula is C15H9ClFN3S. The van der Waals surface area contributed by atoms with Crippen molar-refractivity contribution in [2.45, 2.75) is 5.88 Å². The maximum atomic E-state index is 13.6. The Kier molecular flexibility index (Phi) is 2.90. The molecule has 0 bridgehead atoms. The van der Waals surface area contributed by atoms with Gasteiger partial charge in [0.05, 0.1) is 32.6 Å². The molecule has 2 aromatic heterocycles. The van der Waals surface area contributed by atoms with E-state index in [1.54, 1.807) is 17.4 Å². The van der Waals surface area contributed by atoms with Crippen LogP contribution in [0.2, 0.25) is 0 Å². The molecule has 2 heterocycles. The number of benzene rings is 2. The Hall–Kier alpha value is -1.98. The molecule has 0 amide bonds. The first-order valence-corrected chi connectivity index (χ1v) is 7.74. The molecule has 4 rings (SSSR count). The van der Waals surface area contributed by atoms with Crippen LogP contribution in [0.1, 0.15) is 5.82 Å². The summed E-state index contributed by atoms with van der Waals surface area (Å²) in [6.07, 6.45) is 0. The fourth-order valence-electron chi connectivity index (χ4n) is 2.46. The van der Waals surface area contributed by atoms with Crippen molar-refractivity contribution in [3.63, 3.8) is 0 Å². The van der Waals surface area contributed by atoms with E-state index in [9.17, 15) is 4.39 Å². The largest absolute Gasteiger partial charge is 0.295 e. The predicted octanol–water partition coefficient (Wildman–Crippen LogP) is 4.51. The maximum absolute atomic E-state index is 13.6. The Morgan fingerprint density at radius 1 is 1.14 bits per heavy atom. The topological polar surface area (TPSA) is 30.7 Å². The lowest BCUT2D eigenvalue weighted by atomic mass is 10.2. The summed E-state index contributed by atoms with van der Waals surface area (Å²) in [6, 6.07) is 10.5. The van der Waals surface area contributed by atoms with Crippen LogP contribution < -0.4 is 0 Å². The Morgan fingerprint density at radius 2 is 2.00 bits per heavy atom. The molecule has 4 aromatic rings. The van der Waals surface area contributed by atoms with Crippen LogP contribution in [0.3, 0.4) is 0 Å². The molecule has 0 spiro atoms. The van der Waals surface area contributed by atoms with Crippen molar-refractivity contribution in [2.24, 2.45) is 0 Å². The van der Waals surface area contributed by atoms with Gasteiger partial charge < -0.3 is 0 Å². The summed E-state index contributed by atoms with van der Waals surface area (Å²) in [5.41, 5.74) is 5.12. The van der Waals surface area contributed by atoms with Crippen LogP contribution in [0.25, 0.3) is 26.9 Å². The Labute approximate surface area is 128 Å². The van der Waals surface area contributed by atoms with Crippen LogP contribution in [0, 0.1) is 5.82 Å². The van der Waals surface area contributed by atoms with Gasteiger partial charge >= 0.3 is 0 Å². The average molecular weight is 318 g/mol. The molecule has 0 saturated carbocycles. The second-order valence-electron chi connectivity index (χ2n) is 4.63. The molecular weight excluding hydrogens is 309 g/mol. The lowest BCUT2D eigenvalue weighted by Gasteiger charge is -2.07. The molecule has 6 heteroatoms. The van der Waals surface area contributed by atoms with Crippen molar-refractivity contribution in [3.05, 3.63) is 53.6 Å². The highest BCUT2D eigenvalue weighted by atomic mass is 35.5. The van der Waals surface area contributed by atoms with Crippen molar-refractivity contribution in [1.29, 1.82) is 0 Å². The van der Waals surface area contributed by atoms with Gasteiger partial charge in [-0.3, -0.25) is 4.57 Å². The van der Waals surface area contributed by atoms with Crippen LogP contribution in [0.4, 0.5) is 4.39 Å². The lowest BCUT2D eigenvalue weighted by Crippen LogP contribution is -1.99. The SMILES string of the molecule is Fc1ccc2nc(CCl)n(-c3ccc4ncsc4c3)c2c1. The molecule has 0 aliphatic carbocycles. The molecule has 0 fully saturated rings. The van der Waals surface area contributed by atoms with Crippen LogP contribution >= 0.6 is 22.9 Å². The van der Waals surface area contributed by atoms with Crippen molar-refractivity contribution >= 4 is 44.2 Å². The van der Waals surface area contributed by atoms with E-state index in [2.05, 4.69) is 9.97 Å². The van der Waals surface area contributed by atoms with Gasteiger partial charge in [0.25, 0.3) is 0 Å². The van der Waals surface area contributed by atoms with Gasteiger partial charge in [0.15, 0.2) is 0 Å². The summed E-state index contributed by atoms with van der Waals surface area (Å²) < 4.78 is 16.5. The van der Waals surface area contributed by atoms with Gasteiger partial charge in [0.2, 0.25) is 0 Å². The van der Waals surface area contributed by atoms with Gasteiger partial charge in [-0.2, -0.15) is 0 Å². The second-order valence-corrected chi connectivity index (χ2v) is 5.79. The van der Waals surface area contributed by atoms with E-state index < -0.39 is 0 Å². The molecule has 0 radical (unpaired) electrons. The second kappa shape index (κ2) is 4.79. The molecule has 0 saturated heterocycles. The Bertz CT molecular complexity index is 960. The highest BCUT2D eigenvalue weighted by Crippen LogP contribution is 2.27. The van der Waals surface area contributed by atoms with Crippen molar-refractivity contribution in [1.82, 2.24) is 14.5 Å². The van der Waals surface area contributed by atoms with Gasteiger partial charge in [-0.05, 0) is 30.3 Å². The molecule has 21 heavy (non-hydrogen) atoms. The fraction of sp³-hybridized carbons (Fsp3) is 0.0667. The molecule has 3 nitrogen and oxygen atoms in total. The number of hydrogen-bond donors (Lipinski definition) is 0. The number of alkyl halides is 1. The number of thiazole rings is 1. The third-order valence-corrected chi connectivity index (χ3v) is 4.41. The number of hydrogen-bond acceptors (Lipinski definition) is 3. The van der Waals surface area contributed by atoms with E-state index in [1.165, 1.54) is 12.1 Å². The number of nitrogens with zero attached hydrogens (tertiary/aromatic N) is 3. The average Bonchev–Trinajstić information content (AvgIpc) is 3.09. The zero-order valence-corrected chi connectivity index (χ0v) is 12.3. The van der Waals surface area contributed by atoms with Gasteiger partial charge in [0.1, 0.15) is 11.6 Å². The highest BCUT2D eigenvalue weighted by Gasteiger charge is 2.13. The third-order valence-electron chi connectivity index (χ3n) is 3.38. The summed E-state index contributed by atoms with van der Waals surface area (Å²) in [7, 11) is 0. The molecule has 0 N–H and O–H groups in total. The summed E-state index contributed by atoms with van der Waals surface area (Å²) in [4.78, 5) is 8.74. The van der Waals surface area contributed by atoms with Gasteiger partial charge in [0, 0.05) is 11.8 Å². The van der Waals surface area contributed by atoms with E-state index >= 15 is 0 Å². The van der Waals surface area contributed by atoms with E-state index in [0.717, 1.165) is 26.9 Å². The smallest absolute Gasteiger partial charge is 0.129 e. The molecule has 0 unspecified atom stereocenters. The summed E-state index contributed by atoms with van der Waals surface area (Å²) >= 11 is 7.57. The molecule has 0 aliphatic heterocycles. The Balaban J connectivity index is 2.05. The maximum Gasteiger partial charge on any atom is 0.129 e. The first-order valence-electron chi connectivity index (χ1n) is 6.33.